The fourth-order valence-electron chi connectivity index (χ4n) is 3.47. The molecule has 2 heterocycles. The van der Waals surface area contributed by atoms with Crippen molar-refractivity contribution >= 4 is 11.6 Å². The van der Waals surface area contributed by atoms with Crippen molar-refractivity contribution in [2.75, 3.05) is 0 Å². The van der Waals surface area contributed by atoms with Crippen LogP contribution in [0.5, 0.6) is 0 Å². The van der Waals surface area contributed by atoms with Gasteiger partial charge in [-0.05, 0) is 63.5 Å². The molecule has 0 N–H and O–H groups in total. The molecule has 0 aliphatic carbocycles. The number of hydrogen-bond donors (Lipinski definition) is 0. The Morgan fingerprint density at radius 2 is 1.69 bits per heavy atom. The van der Waals surface area contributed by atoms with Crippen LogP contribution < -0.4 is 0 Å². The summed E-state index contributed by atoms with van der Waals surface area (Å²) < 4.78 is 3.47. The number of benzene rings is 3. The van der Waals surface area contributed by atoms with Gasteiger partial charge in [0.25, 0.3) is 0 Å². The lowest BCUT2D eigenvalue weighted by Gasteiger charge is -2.07. The van der Waals surface area contributed by atoms with Crippen LogP contribution in [0.25, 0.3) is 28.3 Å². The zero-order valence-electron chi connectivity index (χ0n) is 16.8. The quantitative estimate of drug-likeness (QED) is 0.395. The minimum Gasteiger partial charge on any atom is -0.240 e. The van der Waals surface area contributed by atoms with E-state index in [4.69, 9.17) is 11.6 Å². The van der Waals surface area contributed by atoms with Gasteiger partial charge in [-0.1, -0.05) is 54.1 Å². The van der Waals surface area contributed by atoms with Gasteiger partial charge >= 0.3 is 0 Å². The van der Waals surface area contributed by atoms with Crippen LogP contribution in [-0.2, 0) is 6.54 Å². The monoisotopic (exact) mass is 437 g/mol. The van der Waals surface area contributed by atoms with E-state index in [0.717, 1.165) is 22.4 Å². The SMILES string of the molecule is N#Cc1ccccc1-c1ccc(Cn2nnnc2-c2ccn(-c3ccc(Cl)cc3)n2)cc1. The van der Waals surface area contributed by atoms with Crippen molar-refractivity contribution in [2.45, 2.75) is 6.54 Å². The molecule has 154 valence electrons. The molecule has 0 saturated heterocycles. The van der Waals surface area contributed by atoms with Crippen LogP contribution in [0.1, 0.15) is 11.1 Å². The van der Waals surface area contributed by atoms with Crippen LogP contribution in [0.2, 0.25) is 5.02 Å². The average molecular weight is 438 g/mol. The standard InChI is InChI=1S/C24H16ClN7/c25-20-9-11-21(12-10-20)31-14-13-23(28-31)24-27-29-30-32(24)16-17-5-7-18(8-6-17)22-4-2-1-3-19(22)15-26/h1-14H,16H2. The van der Waals surface area contributed by atoms with Crippen LogP contribution in [-0.4, -0.2) is 30.0 Å². The van der Waals surface area contributed by atoms with Gasteiger partial charge in [0.05, 0.1) is 23.9 Å². The van der Waals surface area contributed by atoms with Gasteiger partial charge in [0, 0.05) is 11.2 Å². The van der Waals surface area contributed by atoms with Gasteiger partial charge in [-0.15, -0.1) is 5.10 Å². The molecule has 7 nitrogen and oxygen atoms in total. The van der Waals surface area contributed by atoms with Crippen molar-refractivity contribution in [1.29, 1.82) is 5.26 Å². The molecule has 5 rings (SSSR count). The van der Waals surface area contributed by atoms with Gasteiger partial charge in [-0.25, -0.2) is 9.36 Å². The molecule has 0 unspecified atom stereocenters. The summed E-state index contributed by atoms with van der Waals surface area (Å²) in [7, 11) is 0. The van der Waals surface area contributed by atoms with Crippen LogP contribution in [0, 0.1) is 11.3 Å². The van der Waals surface area contributed by atoms with Crippen LogP contribution in [0.3, 0.4) is 0 Å². The summed E-state index contributed by atoms with van der Waals surface area (Å²) in [6, 6.07) is 27.2. The Hall–Kier alpha value is -4.28. The van der Waals surface area contributed by atoms with Gasteiger partial charge in [0.2, 0.25) is 5.82 Å². The Morgan fingerprint density at radius 3 is 2.47 bits per heavy atom. The summed E-state index contributed by atoms with van der Waals surface area (Å²) in [5, 5.41) is 26.8. The maximum atomic E-state index is 9.34. The highest BCUT2D eigenvalue weighted by Crippen LogP contribution is 2.24. The first-order valence-corrected chi connectivity index (χ1v) is 10.3. The van der Waals surface area contributed by atoms with Crippen molar-refractivity contribution in [3.05, 3.63) is 101 Å². The van der Waals surface area contributed by atoms with E-state index in [2.05, 4.69) is 26.7 Å². The molecule has 0 amide bonds. The van der Waals surface area contributed by atoms with Crippen molar-refractivity contribution in [3.8, 4) is 34.4 Å². The lowest BCUT2D eigenvalue weighted by Crippen LogP contribution is -2.05. The molecule has 0 fully saturated rings. The second kappa shape index (κ2) is 8.46. The van der Waals surface area contributed by atoms with E-state index in [-0.39, 0.29) is 0 Å². The molecule has 0 bridgehead atoms. The van der Waals surface area contributed by atoms with Crippen molar-refractivity contribution in [3.63, 3.8) is 0 Å². The third-order valence-electron chi connectivity index (χ3n) is 5.09. The highest BCUT2D eigenvalue weighted by Gasteiger charge is 2.13. The molecule has 32 heavy (non-hydrogen) atoms. The van der Waals surface area contributed by atoms with Crippen molar-refractivity contribution in [1.82, 2.24) is 30.0 Å². The molecule has 0 aliphatic heterocycles. The summed E-state index contributed by atoms with van der Waals surface area (Å²) in [5.74, 6) is 0.580. The smallest absolute Gasteiger partial charge is 0.202 e. The molecule has 3 aromatic carbocycles. The number of tetrazole rings is 1. The summed E-state index contributed by atoms with van der Waals surface area (Å²) in [4.78, 5) is 0. The lowest BCUT2D eigenvalue weighted by atomic mass is 9.99. The zero-order valence-corrected chi connectivity index (χ0v) is 17.6. The molecule has 0 saturated carbocycles. The van der Waals surface area contributed by atoms with Gasteiger partial charge in [0.15, 0.2) is 0 Å². The summed E-state index contributed by atoms with van der Waals surface area (Å²) in [6.07, 6.45) is 1.86. The van der Waals surface area contributed by atoms with E-state index >= 15 is 0 Å². The van der Waals surface area contributed by atoms with Crippen molar-refractivity contribution in [2.24, 2.45) is 0 Å². The molecule has 0 aliphatic rings. The maximum Gasteiger partial charge on any atom is 0.202 e. The van der Waals surface area contributed by atoms with Gasteiger partial charge in [-0.2, -0.15) is 10.4 Å². The number of hydrogen-bond acceptors (Lipinski definition) is 5. The molecule has 8 heteroatoms. The maximum absolute atomic E-state index is 9.34. The number of rotatable bonds is 5. The fraction of sp³-hybridized carbons (Fsp3) is 0.0417. The van der Waals surface area contributed by atoms with E-state index in [1.165, 1.54) is 0 Å². The number of halogens is 1. The van der Waals surface area contributed by atoms with Gasteiger partial charge in [-0.3, -0.25) is 0 Å². The van der Waals surface area contributed by atoms with E-state index < -0.39 is 0 Å². The molecule has 5 aromatic rings. The van der Waals surface area contributed by atoms with E-state index in [1.54, 1.807) is 9.36 Å². The summed E-state index contributed by atoms with van der Waals surface area (Å²) in [6.45, 7) is 0.496. The zero-order chi connectivity index (χ0) is 21.9. The number of nitriles is 1. The van der Waals surface area contributed by atoms with Crippen molar-refractivity contribution < 1.29 is 0 Å². The Labute approximate surface area is 189 Å². The topological polar surface area (TPSA) is 85.2 Å². The van der Waals surface area contributed by atoms with Crippen LogP contribution in [0.15, 0.2) is 85.1 Å². The largest absolute Gasteiger partial charge is 0.240 e. The Bertz CT molecular complexity index is 1410. The van der Waals surface area contributed by atoms with Gasteiger partial charge in [0.1, 0.15) is 5.69 Å². The summed E-state index contributed by atoms with van der Waals surface area (Å²) in [5.41, 5.74) is 5.16. The highest BCUT2D eigenvalue weighted by atomic mass is 35.5. The molecular weight excluding hydrogens is 422 g/mol. The first-order valence-electron chi connectivity index (χ1n) is 9.88. The minimum atomic E-state index is 0.496. The third kappa shape index (κ3) is 3.87. The van der Waals surface area contributed by atoms with Crippen LogP contribution >= 0.6 is 11.6 Å². The number of aromatic nitrogens is 6. The molecule has 0 atom stereocenters. The Kier molecular flexibility index (Phi) is 5.20. The van der Waals surface area contributed by atoms with E-state index in [1.807, 2.05) is 85.1 Å². The predicted molar refractivity (Wildman–Crippen MR) is 121 cm³/mol. The average Bonchev–Trinajstić information content (AvgIpc) is 3.50. The van der Waals surface area contributed by atoms with E-state index in [0.29, 0.717) is 28.6 Å². The summed E-state index contributed by atoms with van der Waals surface area (Å²) >= 11 is 5.97. The minimum absolute atomic E-state index is 0.496. The Morgan fingerprint density at radius 1 is 0.906 bits per heavy atom. The normalized spacial score (nSPS) is 10.8. The van der Waals surface area contributed by atoms with Gasteiger partial charge < -0.3 is 0 Å². The highest BCUT2D eigenvalue weighted by molar-refractivity contribution is 6.30. The Balaban J connectivity index is 1.38. The third-order valence-corrected chi connectivity index (χ3v) is 5.34. The molecule has 2 aromatic heterocycles. The van der Waals surface area contributed by atoms with Crippen LogP contribution in [0.4, 0.5) is 0 Å². The first kappa shape index (κ1) is 19.7. The molecule has 0 radical (unpaired) electrons. The van der Waals surface area contributed by atoms with E-state index in [9.17, 15) is 5.26 Å². The lowest BCUT2D eigenvalue weighted by molar-refractivity contribution is 0.651. The number of nitrogens with zero attached hydrogens (tertiary/aromatic N) is 7. The predicted octanol–water partition coefficient (Wildman–Crippen LogP) is 4.77. The second-order valence-electron chi connectivity index (χ2n) is 7.14. The molecule has 0 spiro atoms. The molecular formula is C24H16ClN7. The second-order valence-corrected chi connectivity index (χ2v) is 7.57. The first-order chi connectivity index (χ1) is 15.7. The fourth-order valence-corrected chi connectivity index (χ4v) is 3.60.